The molecular weight excluding hydrogens is 146 g/mol. The monoisotopic (exact) mass is 159 g/mol. The molecule has 0 radical (unpaired) electrons. The number of nitrogens with zero attached hydrogens (tertiary/aromatic N) is 3. The first-order valence-electron chi connectivity index (χ1n) is 3.34. The zero-order chi connectivity index (χ0) is 9.02. The van der Waals surface area contributed by atoms with Gasteiger partial charge < -0.3 is 10.1 Å². The molecule has 0 aromatic heterocycles. The minimum Gasteiger partial charge on any atom is -0.390 e. The molecule has 0 saturated heterocycles. The predicted molar refractivity (Wildman–Crippen MR) is 43.3 cm³/mol. The molecule has 0 atom stereocenters. The van der Waals surface area contributed by atoms with Gasteiger partial charge in [0.15, 0.2) is 0 Å². The Labute approximate surface area is 65.9 Å². The Kier molecular flexibility index (Phi) is 3.50. The molecule has 5 heteroatoms. The Bertz CT molecular complexity index is 177. The van der Waals surface area contributed by atoms with Crippen LogP contribution >= 0.6 is 0 Å². The SMILES string of the molecule is CN=C(N(C)C(C)C)[N+](=O)[O-]. The van der Waals surface area contributed by atoms with Gasteiger partial charge in [0.05, 0.1) is 20.1 Å². The van der Waals surface area contributed by atoms with Gasteiger partial charge in [-0.05, 0) is 18.8 Å². The lowest BCUT2D eigenvalue weighted by Gasteiger charge is -2.16. The Hall–Kier alpha value is -1.13. The van der Waals surface area contributed by atoms with Crippen molar-refractivity contribution in [3.05, 3.63) is 10.1 Å². The fraction of sp³-hybridized carbons (Fsp3) is 0.833. The van der Waals surface area contributed by atoms with Crippen LogP contribution in [0.15, 0.2) is 4.99 Å². The summed E-state index contributed by atoms with van der Waals surface area (Å²) in [5, 5.41) is 10.3. The van der Waals surface area contributed by atoms with Crippen molar-refractivity contribution in [2.45, 2.75) is 19.9 Å². The van der Waals surface area contributed by atoms with Gasteiger partial charge in [-0.15, -0.1) is 4.99 Å². The third-order valence-electron chi connectivity index (χ3n) is 1.45. The van der Waals surface area contributed by atoms with Crippen LogP contribution in [0.3, 0.4) is 0 Å². The van der Waals surface area contributed by atoms with Gasteiger partial charge >= 0.3 is 5.96 Å². The van der Waals surface area contributed by atoms with Crippen molar-refractivity contribution in [2.75, 3.05) is 14.1 Å². The number of rotatable bonds is 1. The van der Waals surface area contributed by atoms with Crippen LogP contribution in [0.5, 0.6) is 0 Å². The normalized spacial score (nSPS) is 11.9. The van der Waals surface area contributed by atoms with Crippen molar-refractivity contribution < 1.29 is 4.92 Å². The highest BCUT2D eigenvalue weighted by atomic mass is 16.6. The van der Waals surface area contributed by atoms with Gasteiger partial charge in [-0.1, -0.05) is 0 Å². The van der Waals surface area contributed by atoms with E-state index in [9.17, 15) is 10.1 Å². The van der Waals surface area contributed by atoms with E-state index in [1.165, 1.54) is 11.9 Å². The number of nitro groups is 1. The van der Waals surface area contributed by atoms with Crippen LogP contribution in [0, 0.1) is 10.1 Å². The average molecular weight is 159 g/mol. The Balaban J connectivity index is 4.41. The zero-order valence-corrected chi connectivity index (χ0v) is 7.24. The molecule has 11 heavy (non-hydrogen) atoms. The first-order chi connectivity index (χ1) is 5.00. The molecule has 0 saturated carbocycles. The fourth-order valence-corrected chi connectivity index (χ4v) is 0.599. The average Bonchev–Trinajstić information content (AvgIpc) is 1.88. The highest BCUT2D eigenvalue weighted by Gasteiger charge is 2.19. The van der Waals surface area contributed by atoms with Crippen LogP contribution in [-0.4, -0.2) is 35.9 Å². The maximum absolute atomic E-state index is 10.3. The number of hydrogen-bond acceptors (Lipinski definition) is 3. The van der Waals surface area contributed by atoms with Gasteiger partial charge in [0.1, 0.15) is 0 Å². The summed E-state index contributed by atoms with van der Waals surface area (Å²) in [6, 6.07) is 0.0964. The van der Waals surface area contributed by atoms with E-state index in [-0.39, 0.29) is 12.0 Å². The van der Waals surface area contributed by atoms with Crippen molar-refractivity contribution in [1.82, 2.24) is 4.90 Å². The molecule has 0 amide bonds. The molecule has 0 fully saturated rings. The second-order valence-corrected chi connectivity index (χ2v) is 2.49. The van der Waals surface area contributed by atoms with E-state index >= 15 is 0 Å². The molecule has 0 aliphatic heterocycles. The molecule has 0 aromatic rings. The number of aliphatic imine (C=N–C) groups is 1. The molecule has 0 aromatic carbocycles. The minimum absolute atomic E-state index is 0.0964. The van der Waals surface area contributed by atoms with Gasteiger partial charge in [-0.25, -0.2) is 0 Å². The predicted octanol–water partition coefficient (Wildman–Crippen LogP) is 0.589. The van der Waals surface area contributed by atoms with E-state index in [2.05, 4.69) is 4.99 Å². The van der Waals surface area contributed by atoms with Crippen LogP contribution in [-0.2, 0) is 0 Å². The third-order valence-corrected chi connectivity index (χ3v) is 1.45. The summed E-state index contributed by atoms with van der Waals surface area (Å²) in [6.07, 6.45) is 0. The van der Waals surface area contributed by atoms with E-state index in [1.54, 1.807) is 7.05 Å². The Morgan fingerprint density at radius 3 is 2.18 bits per heavy atom. The largest absolute Gasteiger partial charge is 0.424 e. The zero-order valence-electron chi connectivity index (χ0n) is 7.24. The molecule has 0 aliphatic rings. The Morgan fingerprint density at radius 2 is 2.09 bits per heavy atom. The quantitative estimate of drug-likeness (QED) is 0.243. The van der Waals surface area contributed by atoms with E-state index in [0.29, 0.717) is 0 Å². The molecule has 0 heterocycles. The third kappa shape index (κ3) is 2.53. The molecule has 64 valence electrons. The van der Waals surface area contributed by atoms with Crippen LogP contribution in [0.25, 0.3) is 0 Å². The molecule has 0 bridgehead atoms. The second-order valence-electron chi connectivity index (χ2n) is 2.49. The molecular formula is C6H13N3O2. The molecule has 0 aliphatic carbocycles. The van der Waals surface area contributed by atoms with Gasteiger partial charge in [0.2, 0.25) is 0 Å². The van der Waals surface area contributed by atoms with Crippen molar-refractivity contribution >= 4 is 5.96 Å². The molecule has 5 nitrogen and oxygen atoms in total. The van der Waals surface area contributed by atoms with E-state index in [1.807, 2.05) is 13.8 Å². The number of hydrogen-bond donors (Lipinski definition) is 0. The van der Waals surface area contributed by atoms with Gasteiger partial charge in [-0.3, -0.25) is 4.90 Å². The van der Waals surface area contributed by atoms with Crippen molar-refractivity contribution in [1.29, 1.82) is 0 Å². The molecule has 0 rings (SSSR count). The highest BCUT2D eigenvalue weighted by Crippen LogP contribution is 1.96. The van der Waals surface area contributed by atoms with E-state index < -0.39 is 4.92 Å². The lowest BCUT2D eigenvalue weighted by molar-refractivity contribution is -0.364. The van der Waals surface area contributed by atoms with Gasteiger partial charge in [-0.2, -0.15) is 0 Å². The fourth-order valence-electron chi connectivity index (χ4n) is 0.599. The first-order valence-corrected chi connectivity index (χ1v) is 3.34. The standard InChI is InChI=1S/C6H13N3O2/c1-5(2)8(4)6(7-3)9(10)11/h5H,1-4H3. The van der Waals surface area contributed by atoms with Crippen molar-refractivity contribution in [3.8, 4) is 0 Å². The lowest BCUT2D eigenvalue weighted by atomic mass is 10.4. The van der Waals surface area contributed by atoms with Gasteiger partial charge in [0, 0.05) is 0 Å². The molecule has 0 N–H and O–H groups in total. The maximum atomic E-state index is 10.3. The van der Waals surface area contributed by atoms with Crippen molar-refractivity contribution in [3.63, 3.8) is 0 Å². The van der Waals surface area contributed by atoms with Crippen molar-refractivity contribution in [2.24, 2.45) is 4.99 Å². The van der Waals surface area contributed by atoms with E-state index in [4.69, 9.17) is 0 Å². The van der Waals surface area contributed by atoms with Crippen LogP contribution in [0.4, 0.5) is 0 Å². The summed E-state index contributed by atoms with van der Waals surface area (Å²) in [6.45, 7) is 3.74. The van der Waals surface area contributed by atoms with E-state index in [0.717, 1.165) is 0 Å². The summed E-state index contributed by atoms with van der Waals surface area (Å²) >= 11 is 0. The lowest BCUT2D eigenvalue weighted by Crippen LogP contribution is -2.37. The molecule has 0 unspecified atom stereocenters. The molecule has 0 spiro atoms. The summed E-state index contributed by atoms with van der Waals surface area (Å²) in [4.78, 5) is 14.9. The smallest absolute Gasteiger partial charge is 0.390 e. The van der Waals surface area contributed by atoms with Crippen LogP contribution in [0.1, 0.15) is 13.8 Å². The minimum atomic E-state index is -0.486. The van der Waals surface area contributed by atoms with Crippen LogP contribution < -0.4 is 0 Å². The summed E-state index contributed by atoms with van der Waals surface area (Å²) < 4.78 is 0. The highest BCUT2D eigenvalue weighted by molar-refractivity contribution is 5.71. The second kappa shape index (κ2) is 3.90. The summed E-state index contributed by atoms with van der Waals surface area (Å²) in [7, 11) is 3.06. The topological polar surface area (TPSA) is 58.7 Å². The van der Waals surface area contributed by atoms with Crippen LogP contribution in [0.2, 0.25) is 0 Å². The summed E-state index contributed by atoms with van der Waals surface area (Å²) in [5.74, 6) is -0.0972. The summed E-state index contributed by atoms with van der Waals surface area (Å²) in [5.41, 5.74) is 0. The Morgan fingerprint density at radius 1 is 1.64 bits per heavy atom. The van der Waals surface area contributed by atoms with Gasteiger partial charge in [0.25, 0.3) is 0 Å². The first kappa shape index (κ1) is 9.87. The maximum Gasteiger partial charge on any atom is 0.424 e. The number of guanidine groups is 1.